The molecule has 0 unspecified atom stereocenters. The third-order valence-electron chi connectivity index (χ3n) is 6.02. The first kappa shape index (κ1) is 16.1. The Morgan fingerprint density at radius 2 is 1.88 bits per heavy atom. The van der Waals surface area contributed by atoms with Crippen LogP contribution in [0.1, 0.15) is 36.8 Å². The van der Waals surface area contributed by atoms with Gasteiger partial charge in [0.05, 0.1) is 5.60 Å². The topological polar surface area (TPSA) is 42.5 Å². The molecule has 130 valence electrons. The molecule has 2 fully saturated rings. The van der Waals surface area contributed by atoms with E-state index in [1.807, 2.05) is 0 Å². The number of fused-ring (bicyclic) bond motifs is 1. The fourth-order valence-electron chi connectivity index (χ4n) is 4.24. The van der Waals surface area contributed by atoms with E-state index in [0.717, 1.165) is 44.5 Å². The number of nitrogens with one attached hydrogen (secondary N) is 1. The lowest BCUT2D eigenvalue weighted by Crippen LogP contribution is -2.40. The average molecular weight is 327 g/mol. The molecule has 0 atom stereocenters. The van der Waals surface area contributed by atoms with Gasteiger partial charge in [-0.05, 0) is 75.5 Å². The second-order valence-corrected chi connectivity index (χ2v) is 7.71. The van der Waals surface area contributed by atoms with Crippen LogP contribution in [-0.2, 0) is 12.0 Å². The van der Waals surface area contributed by atoms with Gasteiger partial charge in [-0.1, -0.05) is 6.07 Å². The number of piperidine rings is 1. The average Bonchev–Trinajstić information content (AvgIpc) is 3.24. The number of likely N-dealkylation sites (tertiary alicyclic amines) is 2. The summed E-state index contributed by atoms with van der Waals surface area (Å²) in [6, 6.07) is 6.48. The molecule has 2 aliphatic heterocycles. The highest BCUT2D eigenvalue weighted by Crippen LogP contribution is 2.34. The Labute approximate surface area is 144 Å². The van der Waals surface area contributed by atoms with Gasteiger partial charge in [-0.15, -0.1) is 0 Å². The number of aromatic nitrogens is 1. The monoisotopic (exact) mass is 327 g/mol. The molecule has 1 aromatic carbocycles. The van der Waals surface area contributed by atoms with E-state index >= 15 is 0 Å². The van der Waals surface area contributed by atoms with Crippen LogP contribution in [0.2, 0.25) is 0 Å². The molecule has 0 amide bonds. The van der Waals surface area contributed by atoms with Crippen molar-refractivity contribution in [1.29, 1.82) is 0 Å². The Morgan fingerprint density at radius 1 is 1.12 bits per heavy atom. The summed E-state index contributed by atoms with van der Waals surface area (Å²) in [6.45, 7) is 5.57. The number of rotatable bonds is 4. The predicted octanol–water partition coefficient (Wildman–Crippen LogP) is 2.72. The Morgan fingerprint density at radius 3 is 2.62 bits per heavy atom. The minimum absolute atomic E-state index is 0.663. The van der Waals surface area contributed by atoms with Gasteiger partial charge in [0, 0.05) is 36.7 Å². The van der Waals surface area contributed by atoms with Gasteiger partial charge in [-0.2, -0.15) is 0 Å². The maximum atomic E-state index is 11.1. The van der Waals surface area contributed by atoms with Crippen LogP contribution in [0.5, 0.6) is 0 Å². The molecule has 2 N–H and O–H groups in total. The molecule has 0 radical (unpaired) electrons. The van der Waals surface area contributed by atoms with E-state index in [2.05, 4.69) is 46.2 Å². The van der Waals surface area contributed by atoms with Gasteiger partial charge in [0.25, 0.3) is 0 Å². The Bertz CT molecular complexity index is 694. The number of aromatic amines is 1. The highest BCUT2D eigenvalue weighted by molar-refractivity contribution is 5.84. The maximum Gasteiger partial charge on any atom is 0.0921 e. The van der Waals surface area contributed by atoms with Gasteiger partial charge >= 0.3 is 0 Å². The number of H-pyrrole nitrogens is 1. The van der Waals surface area contributed by atoms with Gasteiger partial charge in [-0.25, -0.2) is 0 Å². The lowest BCUT2D eigenvalue weighted by Gasteiger charge is -2.37. The highest BCUT2D eigenvalue weighted by atomic mass is 16.3. The summed E-state index contributed by atoms with van der Waals surface area (Å²) < 4.78 is 0. The summed E-state index contributed by atoms with van der Waals surface area (Å²) in [5, 5.41) is 12.4. The van der Waals surface area contributed by atoms with E-state index in [9.17, 15) is 5.11 Å². The van der Waals surface area contributed by atoms with Crippen LogP contribution in [0.25, 0.3) is 10.9 Å². The van der Waals surface area contributed by atoms with Crippen molar-refractivity contribution < 1.29 is 5.11 Å². The van der Waals surface area contributed by atoms with Crippen molar-refractivity contribution in [2.24, 2.45) is 0 Å². The minimum Gasteiger partial charge on any atom is -0.385 e. The van der Waals surface area contributed by atoms with E-state index in [0.29, 0.717) is 0 Å². The van der Waals surface area contributed by atoms with Crippen molar-refractivity contribution in [3.63, 3.8) is 0 Å². The summed E-state index contributed by atoms with van der Waals surface area (Å²) in [4.78, 5) is 8.26. The van der Waals surface area contributed by atoms with Crippen LogP contribution >= 0.6 is 0 Å². The van der Waals surface area contributed by atoms with Crippen LogP contribution in [0.4, 0.5) is 0 Å². The summed E-state index contributed by atoms with van der Waals surface area (Å²) in [7, 11) is 2.13. The van der Waals surface area contributed by atoms with Gasteiger partial charge in [-0.3, -0.25) is 0 Å². The SMILES string of the molecule is CN1CCC(O)(c2ccc3[nH]cc(CCN4CCCC4)c3c2)CC1. The van der Waals surface area contributed by atoms with Gasteiger partial charge < -0.3 is 19.9 Å². The van der Waals surface area contributed by atoms with Crippen molar-refractivity contribution in [3.8, 4) is 0 Å². The molecule has 4 nitrogen and oxygen atoms in total. The largest absolute Gasteiger partial charge is 0.385 e. The molecule has 4 rings (SSSR count). The van der Waals surface area contributed by atoms with E-state index in [1.165, 1.54) is 42.4 Å². The molecule has 2 aliphatic rings. The first-order chi connectivity index (χ1) is 11.6. The molecule has 0 aliphatic carbocycles. The molecular weight excluding hydrogens is 298 g/mol. The van der Waals surface area contributed by atoms with Crippen molar-refractivity contribution in [2.75, 3.05) is 39.8 Å². The minimum atomic E-state index is -0.663. The number of hydrogen-bond acceptors (Lipinski definition) is 3. The molecular formula is C20H29N3O. The molecule has 3 heterocycles. The smallest absolute Gasteiger partial charge is 0.0921 e. The van der Waals surface area contributed by atoms with Crippen LogP contribution in [-0.4, -0.2) is 59.7 Å². The Kier molecular flexibility index (Phi) is 4.37. The molecule has 1 aromatic heterocycles. The number of hydrogen-bond donors (Lipinski definition) is 2. The molecule has 2 saturated heterocycles. The van der Waals surface area contributed by atoms with Crippen molar-refractivity contribution in [2.45, 2.75) is 37.7 Å². The third-order valence-corrected chi connectivity index (χ3v) is 6.02. The third kappa shape index (κ3) is 3.10. The number of nitrogens with zero attached hydrogens (tertiary/aromatic N) is 2. The first-order valence-electron chi connectivity index (χ1n) is 9.38. The van der Waals surface area contributed by atoms with Crippen LogP contribution in [0.3, 0.4) is 0 Å². The Balaban J connectivity index is 1.56. The van der Waals surface area contributed by atoms with Gasteiger partial charge in [0.2, 0.25) is 0 Å². The number of aliphatic hydroxyl groups is 1. The van der Waals surface area contributed by atoms with Crippen molar-refractivity contribution in [3.05, 3.63) is 35.5 Å². The summed E-state index contributed by atoms with van der Waals surface area (Å²) in [5.74, 6) is 0. The molecule has 24 heavy (non-hydrogen) atoms. The van der Waals surface area contributed by atoms with Crippen LogP contribution in [0.15, 0.2) is 24.4 Å². The molecule has 0 bridgehead atoms. The highest BCUT2D eigenvalue weighted by Gasteiger charge is 2.33. The van der Waals surface area contributed by atoms with Crippen molar-refractivity contribution in [1.82, 2.24) is 14.8 Å². The van der Waals surface area contributed by atoms with E-state index in [4.69, 9.17) is 0 Å². The normalized spacial score (nSPS) is 22.4. The predicted molar refractivity (Wildman–Crippen MR) is 98.3 cm³/mol. The summed E-state index contributed by atoms with van der Waals surface area (Å²) >= 11 is 0. The molecule has 0 spiro atoms. The second-order valence-electron chi connectivity index (χ2n) is 7.71. The molecule has 4 heteroatoms. The van der Waals surface area contributed by atoms with Gasteiger partial charge in [0.15, 0.2) is 0 Å². The zero-order chi connectivity index (χ0) is 16.6. The van der Waals surface area contributed by atoms with Crippen LogP contribution < -0.4 is 0 Å². The Hall–Kier alpha value is -1.36. The van der Waals surface area contributed by atoms with Crippen LogP contribution in [0, 0.1) is 0 Å². The first-order valence-corrected chi connectivity index (χ1v) is 9.38. The summed E-state index contributed by atoms with van der Waals surface area (Å²) in [6.07, 6.45) is 7.58. The second kappa shape index (κ2) is 6.51. The van der Waals surface area contributed by atoms with E-state index < -0.39 is 5.60 Å². The summed E-state index contributed by atoms with van der Waals surface area (Å²) in [5.41, 5.74) is 3.00. The maximum absolute atomic E-state index is 11.1. The molecule has 0 saturated carbocycles. The molecule has 2 aromatic rings. The quantitative estimate of drug-likeness (QED) is 0.907. The van der Waals surface area contributed by atoms with Crippen molar-refractivity contribution >= 4 is 10.9 Å². The fraction of sp³-hybridized carbons (Fsp3) is 0.600. The fourth-order valence-corrected chi connectivity index (χ4v) is 4.24. The van der Waals surface area contributed by atoms with Gasteiger partial charge in [0.1, 0.15) is 0 Å². The number of benzene rings is 1. The standard InChI is InChI=1S/C20H29N3O/c1-22-12-7-20(24,8-13-22)17-4-5-19-18(14-17)16(15-21-19)6-11-23-9-2-3-10-23/h4-5,14-15,21,24H,2-3,6-13H2,1H3. The zero-order valence-corrected chi connectivity index (χ0v) is 14.7. The van der Waals surface area contributed by atoms with E-state index in [1.54, 1.807) is 0 Å². The zero-order valence-electron chi connectivity index (χ0n) is 14.7. The lowest BCUT2D eigenvalue weighted by molar-refractivity contribution is -0.0202. The van der Waals surface area contributed by atoms with E-state index in [-0.39, 0.29) is 0 Å². The lowest BCUT2D eigenvalue weighted by atomic mass is 9.84.